The minimum absolute atomic E-state index is 0.0187. The van der Waals surface area contributed by atoms with Gasteiger partial charge in [-0.1, -0.05) is 30.3 Å². The third kappa shape index (κ3) is 3.28. The summed E-state index contributed by atoms with van der Waals surface area (Å²) in [7, 11) is 0. The van der Waals surface area contributed by atoms with Crippen molar-refractivity contribution in [1.29, 1.82) is 0 Å². The van der Waals surface area contributed by atoms with Crippen LogP contribution in [0.1, 0.15) is 42.9 Å². The lowest BCUT2D eigenvalue weighted by atomic mass is 10.0. The molecule has 1 aromatic carbocycles. The molecule has 0 saturated heterocycles. The molecule has 1 aliphatic rings. The van der Waals surface area contributed by atoms with E-state index in [1.54, 1.807) is 0 Å². The van der Waals surface area contributed by atoms with Crippen molar-refractivity contribution < 1.29 is 4.79 Å². The highest BCUT2D eigenvalue weighted by molar-refractivity contribution is 5.85. The Morgan fingerprint density at radius 1 is 1.21 bits per heavy atom. The van der Waals surface area contributed by atoms with Crippen LogP contribution in [0.25, 0.3) is 0 Å². The van der Waals surface area contributed by atoms with E-state index in [4.69, 9.17) is 0 Å². The number of hydrogen-bond acceptors (Lipinski definition) is 3. The lowest BCUT2D eigenvalue weighted by Crippen LogP contribution is -2.30. The predicted molar refractivity (Wildman–Crippen MR) is 97.1 cm³/mol. The highest BCUT2D eigenvalue weighted by atomic mass is 16.1. The zero-order valence-electron chi connectivity index (χ0n) is 14.5. The van der Waals surface area contributed by atoms with Crippen molar-refractivity contribution in [2.45, 2.75) is 39.2 Å². The Balaban J connectivity index is 1.70. The van der Waals surface area contributed by atoms with E-state index < -0.39 is 0 Å². The smallest absolute Gasteiger partial charge is 0.227 e. The van der Waals surface area contributed by atoms with Crippen LogP contribution >= 0.6 is 0 Å². The predicted octanol–water partition coefficient (Wildman–Crippen LogP) is 3.27. The van der Waals surface area contributed by atoms with Crippen molar-refractivity contribution >= 4 is 11.7 Å². The van der Waals surface area contributed by atoms with Gasteiger partial charge in [0.2, 0.25) is 5.91 Å². The van der Waals surface area contributed by atoms with E-state index in [0.717, 1.165) is 37.3 Å². The number of aromatic nitrogens is 1. The number of anilines is 1. The minimum atomic E-state index is -0.0187. The normalized spacial score (nSPS) is 15.8. The van der Waals surface area contributed by atoms with Gasteiger partial charge in [0.25, 0.3) is 0 Å². The molecule has 1 aliphatic carbocycles. The Morgan fingerprint density at radius 3 is 2.79 bits per heavy atom. The maximum atomic E-state index is 12.7. The second-order valence-electron chi connectivity index (χ2n) is 6.17. The second kappa shape index (κ2) is 7.47. The first-order valence-corrected chi connectivity index (χ1v) is 8.79. The summed E-state index contributed by atoms with van der Waals surface area (Å²) >= 11 is 0. The summed E-state index contributed by atoms with van der Waals surface area (Å²) in [6.45, 7) is 6.58. The van der Waals surface area contributed by atoms with E-state index in [1.807, 2.05) is 30.5 Å². The van der Waals surface area contributed by atoms with Gasteiger partial charge in [-0.3, -0.25) is 4.79 Å². The number of amides is 1. The van der Waals surface area contributed by atoms with Crippen LogP contribution in [0.2, 0.25) is 0 Å². The first-order chi connectivity index (χ1) is 11.7. The van der Waals surface area contributed by atoms with Crippen molar-refractivity contribution in [2.75, 3.05) is 18.0 Å². The maximum absolute atomic E-state index is 12.7. The molecule has 1 aromatic heterocycles. The Bertz CT molecular complexity index is 710. The first-order valence-electron chi connectivity index (χ1n) is 8.79. The Morgan fingerprint density at radius 2 is 2.00 bits per heavy atom. The number of fused-ring (bicyclic) bond motifs is 1. The molecule has 0 unspecified atom stereocenters. The van der Waals surface area contributed by atoms with E-state index in [0.29, 0.717) is 6.54 Å². The molecule has 126 valence electrons. The van der Waals surface area contributed by atoms with E-state index in [2.05, 4.69) is 41.2 Å². The molecule has 0 bridgehead atoms. The van der Waals surface area contributed by atoms with Gasteiger partial charge in [0.15, 0.2) is 0 Å². The highest BCUT2D eigenvalue weighted by Crippen LogP contribution is 2.33. The van der Waals surface area contributed by atoms with E-state index in [9.17, 15) is 4.79 Å². The number of nitrogens with zero attached hydrogens (tertiary/aromatic N) is 2. The zero-order chi connectivity index (χ0) is 16.9. The van der Waals surface area contributed by atoms with Gasteiger partial charge in [0, 0.05) is 31.4 Å². The highest BCUT2D eigenvalue weighted by Gasteiger charge is 2.28. The number of hydrogen-bond donors (Lipinski definition) is 1. The third-order valence-electron chi connectivity index (χ3n) is 4.83. The summed E-state index contributed by atoms with van der Waals surface area (Å²) < 4.78 is 0. The zero-order valence-corrected chi connectivity index (χ0v) is 14.5. The molecule has 3 rings (SSSR count). The third-order valence-corrected chi connectivity index (χ3v) is 4.83. The van der Waals surface area contributed by atoms with Crippen LogP contribution in [0.4, 0.5) is 5.82 Å². The summed E-state index contributed by atoms with van der Waals surface area (Å²) in [4.78, 5) is 19.4. The van der Waals surface area contributed by atoms with E-state index >= 15 is 0 Å². The average molecular weight is 323 g/mol. The summed E-state index contributed by atoms with van der Waals surface area (Å²) in [5.41, 5.74) is 3.56. The number of pyridine rings is 1. The average Bonchev–Trinajstić information content (AvgIpc) is 3.06. The van der Waals surface area contributed by atoms with Crippen LogP contribution in [0.5, 0.6) is 0 Å². The molecule has 0 saturated carbocycles. The number of aryl methyl sites for hydroxylation is 1. The van der Waals surface area contributed by atoms with Gasteiger partial charge in [0.1, 0.15) is 5.82 Å². The monoisotopic (exact) mass is 323 g/mol. The second-order valence-corrected chi connectivity index (χ2v) is 6.17. The summed E-state index contributed by atoms with van der Waals surface area (Å²) in [6.07, 6.45) is 3.71. The Hall–Kier alpha value is -2.36. The van der Waals surface area contributed by atoms with Gasteiger partial charge >= 0.3 is 0 Å². The molecule has 1 heterocycles. The summed E-state index contributed by atoms with van der Waals surface area (Å²) in [6, 6.07) is 12.2. The molecule has 0 spiro atoms. The molecule has 4 heteroatoms. The van der Waals surface area contributed by atoms with Crippen LogP contribution < -0.4 is 10.2 Å². The fourth-order valence-corrected chi connectivity index (χ4v) is 3.51. The maximum Gasteiger partial charge on any atom is 0.227 e. The van der Waals surface area contributed by atoms with Crippen LogP contribution in [-0.2, 0) is 17.8 Å². The fraction of sp³-hybridized carbons (Fsp3) is 0.400. The molecular weight excluding hydrogens is 298 g/mol. The lowest BCUT2D eigenvalue weighted by molar-refractivity contribution is -0.122. The van der Waals surface area contributed by atoms with Gasteiger partial charge < -0.3 is 10.2 Å². The van der Waals surface area contributed by atoms with E-state index in [-0.39, 0.29) is 11.8 Å². The molecule has 24 heavy (non-hydrogen) atoms. The molecule has 1 N–H and O–H groups in total. The number of benzene rings is 1. The number of rotatable bonds is 6. The lowest BCUT2D eigenvalue weighted by Gasteiger charge is -2.23. The molecular formula is C20H25N3O. The molecule has 0 fully saturated rings. The number of carbonyl (C=O) groups is 1. The van der Waals surface area contributed by atoms with Crippen molar-refractivity contribution in [2.24, 2.45) is 0 Å². The SMILES string of the molecule is CCN(CC)c1ncccc1CNC(=O)[C@@H]1CCc2ccccc21. The topological polar surface area (TPSA) is 45.2 Å². The molecule has 4 nitrogen and oxygen atoms in total. The quantitative estimate of drug-likeness (QED) is 0.887. The van der Waals surface area contributed by atoms with Crippen LogP contribution in [0.3, 0.4) is 0 Å². The minimum Gasteiger partial charge on any atom is -0.357 e. The molecule has 2 aromatic rings. The number of carbonyl (C=O) groups excluding carboxylic acids is 1. The van der Waals surface area contributed by atoms with Gasteiger partial charge in [-0.15, -0.1) is 0 Å². The standard InChI is InChI=1S/C20H25N3O/c1-3-23(4-2)19-16(9-7-13-21-19)14-22-20(24)18-12-11-15-8-5-6-10-17(15)18/h5-10,13,18H,3-4,11-12,14H2,1-2H3,(H,22,24)/t18-/m1/s1. The summed E-state index contributed by atoms with van der Waals surface area (Å²) in [5.74, 6) is 1.07. The van der Waals surface area contributed by atoms with Crippen LogP contribution in [-0.4, -0.2) is 24.0 Å². The van der Waals surface area contributed by atoms with Crippen molar-refractivity contribution in [3.8, 4) is 0 Å². The summed E-state index contributed by atoms with van der Waals surface area (Å²) in [5, 5.41) is 3.12. The van der Waals surface area contributed by atoms with Crippen molar-refractivity contribution in [3.63, 3.8) is 0 Å². The molecule has 0 aliphatic heterocycles. The van der Waals surface area contributed by atoms with Crippen molar-refractivity contribution in [1.82, 2.24) is 10.3 Å². The Kier molecular flexibility index (Phi) is 5.14. The fourth-order valence-electron chi connectivity index (χ4n) is 3.51. The molecule has 1 amide bonds. The van der Waals surface area contributed by atoms with Crippen LogP contribution in [0.15, 0.2) is 42.6 Å². The Labute approximate surface area is 143 Å². The van der Waals surface area contributed by atoms with E-state index in [1.165, 1.54) is 11.1 Å². The molecule has 0 radical (unpaired) electrons. The first kappa shape index (κ1) is 16.5. The van der Waals surface area contributed by atoms with Gasteiger partial charge in [0.05, 0.1) is 5.92 Å². The van der Waals surface area contributed by atoms with Crippen LogP contribution in [0, 0.1) is 0 Å². The number of nitrogens with one attached hydrogen (secondary N) is 1. The van der Waals surface area contributed by atoms with Gasteiger partial charge in [-0.25, -0.2) is 4.98 Å². The molecule has 1 atom stereocenters. The van der Waals surface area contributed by atoms with Gasteiger partial charge in [-0.2, -0.15) is 0 Å². The van der Waals surface area contributed by atoms with Crippen molar-refractivity contribution in [3.05, 3.63) is 59.3 Å². The largest absolute Gasteiger partial charge is 0.357 e. The van der Waals surface area contributed by atoms with Gasteiger partial charge in [-0.05, 0) is 43.9 Å².